The van der Waals surface area contributed by atoms with Gasteiger partial charge in [-0.25, -0.2) is 4.99 Å². The number of rotatable bonds is 2. The first-order chi connectivity index (χ1) is 8.29. The molecule has 0 N–H and O–H groups in total. The van der Waals surface area contributed by atoms with Crippen LogP contribution in [0, 0.1) is 3.57 Å². The van der Waals surface area contributed by atoms with E-state index < -0.39 is 0 Å². The lowest BCUT2D eigenvalue weighted by Gasteiger charge is -2.27. The van der Waals surface area contributed by atoms with Crippen molar-refractivity contribution in [3.8, 4) is 0 Å². The summed E-state index contributed by atoms with van der Waals surface area (Å²) in [5.74, 6) is 2.30. The number of benzene rings is 1. The van der Waals surface area contributed by atoms with Crippen molar-refractivity contribution < 1.29 is 0 Å². The topological polar surface area (TPSA) is 28.0 Å². The molecule has 0 unspecified atom stereocenters. The molecular formula is C13H14IN3. The van der Waals surface area contributed by atoms with Crippen molar-refractivity contribution in [2.24, 2.45) is 9.98 Å². The summed E-state index contributed by atoms with van der Waals surface area (Å²) in [4.78, 5) is 11.7. The van der Waals surface area contributed by atoms with Crippen molar-refractivity contribution in [3.63, 3.8) is 0 Å². The van der Waals surface area contributed by atoms with Crippen LogP contribution < -0.4 is 0 Å². The highest BCUT2D eigenvalue weighted by molar-refractivity contribution is 14.1. The van der Waals surface area contributed by atoms with Gasteiger partial charge >= 0.3 is 0 Å². The molecule has 2 aliphatic rings. The van der Waals surface area contributed by atoms with Gasteiger partial charge in [0.15, 0.2) is 0 Å². The van der Waals surface area contributed by atoms with Crippen molar-refractivity contribution in [1.29, 1.82) is 0 Å². The Labute approximate surface area is 115 Å². The maximum Gasteiger partial charge on any atom is 0.138 e. The third kappa shape index (κ3) is 1.88. The van der Waals surface area contributed by atoms with Crippen LogP contribution in [0.3, 0.4) is 0 Å². The van der Waals surface area contributed by atoms with Crippen LogP contribution in [-0.2, 0) is 0 Å². The first kappa shape index (κ1) is 11.2. The number of fused-ring (bicyclic) bond motifs is 3. The number of hydrogen-bond donors (Lipinski definition) is 0. The molecular weight excluding hydrogens is 325 g/mol. The predicted octanol–water partition coefficient (Wildman–Crippen LogP) is 3.20. The standard InChI is InChI=1S/C13H14IN3/c1-2-3-12-16-11-5-4-9(14)8-10(11)13-15-6-7-17(12)13/h4-5,8H,2-3,6-7H2,1H3. The van der Waals surface area contributed by atoms with Crippen molar-refractivity contribution in [2.45, 2.75) is 19.8 Å². The van der Waals surface area contributed by atoms with Gasteiger partial charge in [-0.3, -0.25) is 4.99 Å². The molecule has 3 rings (SSSR count). The maximum absolute atomic E-state index is 4.78. The number of aliphatic imine (C=N–C) groups is 2. The van der Waals surface area contributed by atoms with E-state index in [1.54, 1.807) is 0 Å². The van der Waals surface area contributed by atoms with Gasteiger partial charge < -0.3 is 4.90 Å². The van der Waals surface area contributed by atoms with E-state index in [1.807, 2.05) is 0 Å². The van der Waals surface area contributed by atoms with E-state index in [-0.39, 0.29) is 0 Å². The van der Waals surface area contributed by atoms with Gasteiger partial charge in [0.1, 0.15) is 11.7 Å². The molecule has 0 spiro atoms. The highest BCUT2D eigenvalue weighted by atomic mass is 127. The highest BCUT2D eigenvalue weighted by Gasteiger charge is 2.28. The zero-order chi connectivity index (χ0) is 11.8. The Morgan fingerprint density at radius 3 is 3.12 bits per heavy atom. The Kier molecular flexibility index (Phi) is 2.90. The molecule has 0 amide bonds. The lowest BCUT2D eigenvalue weighted by atomic mass is 10.1. The monoisotopic (exact) mass is 339 g/mol. The van der Waals surface area contributed by atoms with E-state index in [2.05, 4.69) is 57.6 Å². The highest BCUT2D eigenvalue weighted by Crippen LogP contribution is 2.30. The first-order valence-electron chi connectivity index (χ1n) is 5.99. The Balaban J connectivity index is 2.13. The molecule has 0 fully saturated rings. The summed E-state index contributed by atoms with van der Waals surface area (Å²) in [6.07, 6.45) is 2.16. The van der Waals surface area contributed by atoms with E-state index in [0.717, 1.165) is 37.5 Å². The smallest absolute Gasteiger partial charge is 0.138 e. The summed E-state index contributed by atoms with van der Waals surface area (Å²) in [5.41, 5.74) is 2.26. The van der Waals surface area contributed by atoms with Crippen molar-refractivity contribution in [3.05, 3.63) is 27.3 Å². The molecule has 1 aromatic carbocycles. The second-order valence-electron chi connectivity index (χ2n) is 4.30. The van der Waals surface area contributed by atoms with Crippen molar-refractivity contribution >= 4 is 39.9 Å². The Morgan fingerprint density at radius 2 is 2.29 bits per heavy atom. The minimum atomic E-state index is 0.892. The summed E-state index contributed by atoms with van der Waals surface area (Å²) in [7, 11) is 0. The average Bonchev–Trinajstić information content (AvgIpc) is 2.80. The fraction of sp³-hybridized carbons (Fsp3) is 0.385. The van der Waals surface area contributed by atoms with Gasteiger partial charge in [0.25, 0.3) is 0 Å². The zero-order valence-electron chi connectivity index (χ0n) is 9.78. The zero-order valence-corrected chi connectivity index (χ0v) is 11.9. The largest absolute Gasteiger partial charge is 0.312 e. The van der Waals surface area contributed by atoms with Crippen LogP contribution >= 0.6 is 22.6 Å². The molecule has 1 aromatic rings. The second-order valence-corrected chi connectivity index (χ2v) is 5.54. The van der Waals surface area contributed by atoms with E-state index in [9.17, 15) is 0 Å². The van der Waals surface area contributed by atoms with Gasteiger partial charge in [0, 0.05) is 22.1 Å². The molecule has 0 saturated heterocycles. The van der Waals surface area contributed by atoms with Gasteiger partial charge in [-0.2, -0.15) is 0 Å². The molecule has 2 aliphatic heterocycles. The van der Waals surface area contributed by atoms with Gasteiger partial charge in [-0.05, 0) is 47.2 Å². The molecule has 0 atom stereocenters. The van der Waals surface area contributed by atoms with Crippen molar-refractivity contribution in [2.75, 3.05) is 13.1 Å². The fourth-order valence-electron chi connectivity index (χ4n) is 2.33. The van der Waals surface area contributed by atoms with Crippen molar-refractivity contribution in [1.82, 2.24) is 4.90 Å². The molecule has 0 saturated carbocycles. The fourth-order valence-corrected chi connectivity index (χ4v) is 2.82. The number of nitrogens with zero attached hydrogens (tertiary/aromatic N) is 3. The van der Waals surface area contributed by atoms with Crippen LogP contribution in [0.25, 0.3) is 0 Å². The van der Waals surface area contributed by atoms with E-state index in [4.69, 9.17) is 4.99 Å². The minimum absolute atomic E-state index is 0.892. The van der Waals surface area contributed by atoms with Crippen LogP contribution in [0.15, 0.2) is 28.2 Å². The number of amidine groups is 2. The molecule has 3 nitrogen and oxygen atoms in total. The molecule has 0 aliphatic carbocycles. The van der Waals surface area contributed by atoms with E-state index in [0.29, 0.717) is 0 Å². The molecule has 4 heteroatoms. The summed E-state index contributed by atoms with van der Waals surface area (Å²) in [6.45, 7) is 4.07. The van der Waals surface area contributed by atoms with Crippen LogP contribution in [-0.4, -0.2) is 29.7 Å². The van der Waals surface area contributed by atoms with Crippen LogP contribution in [0.5, 0.6) is 0 Å². The number of halogens is 1. The lowest BCUT2D eigenvalue weighted by Crippen LogP contribution is -2.37. The Hall–Kier alpha value is -0.910. The normalized spacial score (nSPS) is 17.4. The SMILES string of the molecule is CCCC1=Nc2ccc(I)cc2C2=NCCN12. The quantitative estimate of drug-likeness (QED) is 0.761. The van der Waals surface area contributed by atoms with Gasteiger partial charge in [0.2, 0.25) is 0 Å². The molecule has 88 valence electrons. The summed E-state index contributed by atoms with van der Waals surface area (Å²) < 4.78 is 1.24. The van der Waals surface area contributed by atoms with Crippen LogP contribution in [0.2, 0.25) is 0 Å². The van der Waals surface area contributed by atoms with E-state index >= 15 is 0 Å². The molecule has 2 heterocycles. The molecule has 0 aromatic heterocycles. The van der Waals surface area contributed by atoms with Crippen LogP contribution in [0.1, 0.15) is 25.3 Å². The van der Waals surface area contributed by atoms with Gasteiger partial charge in [-0.1, -0.05) is 6.92 Å². The third-order valence-corrected chi connectivity index (χ3v) is 3.75. The average molecular weight is 339 g/mol. The maximum atomic E-state index is 4.78. The Morgan fingerprint density at radius 1 is 1.41 bits per heavy atom. The van der Waals surface area contributed by atoms with Gasteiger partial charge in [0.05, 0.1) is 12.2 Å². The molecule has 17 heavy (non-hydrogen) atoms. The molecule has 0 radical (unpaired) electrons. The Bertz CT molecular complexity index is 519. The van der Waals surface area contributed by atoms with Gasteiger partial charge in [-0.15, -0.1) is 0 Å². The molecule has 0 bridgehead atoms. The predicted molar refractivity (Wildman–Crippen MR) is 79.3 cm³/mol. The lowest BCUT2D eigenvalue weighted by molar-refractivity contribution is 0.638. The number of hydrogen-bond acceptors (Lipinski definition) is 3. The summed E-state index contributed by atoms with van der Waals surface area (Å²) in [6, 6.07) is 6.39. The first-order valence-corrected chi connectivity index (χ1v) is 7.07. The third-order valence-electron chi connectivity index (χ3n) is 3.08. The second kappa shape index (κ2) is 4.40. The summed E-state index contributed by atoms with van der Waals surface area (Å²) >= 11 is 2.34. The minimum Gasteiger partial charge on any atom is -0.312 e. The van der Waals surface area contributed by atoms with E-state index in [1.165, 1.54) is 15.0 Å². The summed E-state index contributed by atoms with van der Waals surface area (Å²) in [5, 5.41) is 0. The van der Waals surface area contributed by atoms with Crippen LogP contribution in [0.4, 0.5) is 5.69 Å².